The summed E-state index contributed by atoms with van der Waals surface area (Å²) in [5.41, 5.74) is 0.429. The van der Waals surface area contributed by atoms with Gasteiger partial charge in [0.2, 0.25) is 0 Å². The normalized spacial score (nSPS) is 10.0. The van der Waals surface area contributed by atoms with Gasteiger partial charge < -0.3 is 4.74 Å². The van der Waals surface area contributed by atoms with Gasteiger partial charge in [0.25, 0.3) is 0 Å². The van der Waals surface area contributed by atoms with E-state index in [1.54, 1.807) is 30.3 Å². The summed E-state index contributed by atoms with van der Waals surface area (Å²) in [6, 6.07) is 12.0. The molecule has 0 radical (unpaired) electrons. The predicted molar refractivity (Wildman–Crippen MR) is 68.4 cm³/mol. The van der Waals surface area contributed by atoms with Gasteiger partial charge in [-0.3, -0.25) is 4.79 Å². The van der Waals surface area contributed by atoms with E-state index in [2.05, 4.69) is 0 Å². The van der Waals surface area contributed by atoms with Crippen molar-refractivity contribution in [2.45, 2.75) is 0 Å². The average Bonchev–Trinajstić information content (AvgIpc) is 2.32. The number of hydrogen-bond donors (Lipinski definition) is 0. The summed E-state index contributed by atoms with van der Waals surface area (Å²) in [5, 5.41) is 0.868. The zero-order valence-corrected chi connectivity index (χ0v) is 10.2. The van der Waals surface area contributed by atoms with Gasteiger partial charge in [-0.15, -0.1) is 0 Å². The molecule has 0 aromatic heterocycles. The van der Waals surface area contributed by atoms with Crippen LogP contribution in [0.15, 0.2) is 42.5 Å². The van der Waals surface area contributed by atoms with Gasteiger partial charge in [-0.05, 0) is 24.3 Å². The van der Waals surface area contributed by atoms with Crippen LogP contribution in [-0.2, 0) is 0 Å². The molecule has 0 atom stereocenters. The Balaban J connectivity index is 2.28. The second-order valence-electron chi connectivity index (χ2n) is 3.33. The number of aldehydes is 1. The number of hydrogen-bond acceptors (Lipinski definition) is 2. The molecule has 0 aliphatic heterocycles. The smallest absolute Gasteiger partial charge is 0.151 e. The molecular weight excluding hydrogens is 259 g/mol. The average molecular weight is 267 g/mol. The fourth-order valence-corrected chi connectivity index (χ4v) is 1.71. The third kappa shape index (κ3) is 2.78. The quantitative estimate of drug-likeness (QED) is 0.760. The Labute approximate surface area is 109 Å². The molecule has 2 rings (SSSR count). The topological polar surface area (TPSA) is 26.3 Å². The molecule has 86 valence electrons. The number of halogens is 2. The second kappa shape index (κ2) is 5.21. The van der Waals surface area contributed by atoms with Crippen LogP contribution in [0.25, 0.3) is 0 Å². The van der Waals surface area contributed by atoms with E-state index in [9.17, 15) is 4.79 Å². The highest BCUT2D eigenvalue weighted by molar-refractivity contribution is 6.33. The van der Waals surface area contributed by atoms with Crippen LogP contribution in [0.3, 0.4) is 0 Å². The SMILES string of the molecule is O=Cc1ccc(Oc2ccccc2Cl)cc1Cl. The van der Waals surface area contributed by atoms with E-state index in [0.717, 1.165) is 0 Å². The fraction of sp³-hybridized carbons (Fsp3) is 0. The number of benzene rings is 2. The van der Waals surface area contributed by atoms with E-state index in [1.165, 1.54) is 0 Å². The molecule has 2 aromatic rings. The lowest BCUT2D eigenvalue weighted by molar-refractivity contribution is 0.112. The van der Waals surface area contributed by atoms with Crippen LogP contribution in [0, 0.1) is 0 Å². The summed E-state index contributed by atoms with van der Waals surface area (Å²) in [6.07, 6.45) is 0.696. The summed E-state index contributed by atoms with van der Waals surface area (Å²) in [4.78, 5) is 10.6. The van der Waals surface area contributed by atoms with Crippen molar-refractivity contribution in [1.29, 1.82) is 0 Å². The Morgan fingerprint density at radius 3 is 2.41 bits per heavy atom. The van der Waals surface area contributed by atoms with E-state index in [4.69, 9.17) is 27.9 Å². The highest BCUT2D eigenvalue weighted by Crippen LogP contribution is 2.30. The van der Waals surface area contributed by atoms with E-state index < -0.39 is 0 Å². The Morgan fingerprint density at radius 1 is 1.00 bits per heavy atom. The summed E-state index contributed by atoms with van der Waals surface area (Å²) in [7, 11) is 0. The Bertz CT molecular complexity index is 553. The Kier molecular flexibility index (Phi) is 3.67. The molecule has 0 saturated carbocycles. The highest BCUT2D eigenvalue weighted by Gasteiger charge is 2.05. The second-order valence-corrected chi connectivity index (χ2v) is 4.15. The van der Waals surface area contributed by atoms with Crippen LogP contribution in [0.2, 0.25) is 10.0 Å². The van der Waals surface area contributed by atoms with Crippen LogP contribution in [0.1, 0.15) is 10.4 Å². The first-order valence-corrected chi connectivity index (χ1v) is 5.63. The van der Waals surface area contributed by atoms with Gasteiger partial charge in [0.15, 0.2) is 6.29 Å². The van der Waals surface area contributed by atoms with Crippen molar-refractivity contribution in [1.82, 2.24) is 0 Å². The maximum absolute atomic E-state index is 10.6. The first-order chi connectivity index (χ1) is 8.20. The van der Waals surface area contributed by atoms with Crippen LogP contribution in [0.5, 0.6) is 11.5 Å². The molecular formula is C13H8Cl2O2. The van der Waals surface area contributed by atoms with Crippen LogP contribution in [0.4, 0.5) is 0 Å². The van der Waals surface area contributed by atoms with Crippen molar-refractivity contribution < 1.29 is 9.53 Å². The van der Waals surface area contributed by atoms with Gasteiger partial charge >= 0.3 is 0 Å². The minimum Gasteiger partial charge on any atom is -0.456 e. The molecule has 0 bridgehead atoms. The number of carbonyl (C=O) groups is 1. The monoisotopic (exact) mass is 266 g/mol. The van der Waals surface area contributed by atoms with Crippen molar-refractivity contribution in [3.8, 4) is 11.5 Å². The first kappa shape index (κ1) is 12.0. The Hall–Kier alpha value is -1.51. The van der Waals surface area contributed by atoms with Crippen molar-refractivity contribution in [2.75, 3.05) is 0 Å². The zero-order chi connectivity index (χ0) is 12.3. The highest BCUT2D eigenvalue weighted by atomic mass is 35.5. The first-order valence-electron chi connectivity index (χ1n) is 4.88. The van der Waals surface area contributed by atoms with Crippen molar-refractivity contribution >= 4 is 29.5 Å². The molecule has 0 N–H and O–H groups in total. The van der Waals surface area contributed by atoms with Gasteiger partial charge in [0.1, 0.15) is 11.5 Å². The number of carbonyl (C=O) groups excluding carboxylic acids is 1. The number of rotatable bonds is 3. The maximum Gasteiger partial charge on any atom is 0.151 e. The maximum atomic E-state index is 10.6. The predicted octanol–water partition coefficient (Wildman–Crippen LogP) is 4.60. The third-order valence-corrected chi connectivity index (χ3v) is 2.80. The molecule has 0 spiro atoms. The minimum absolute atomic E-state index is 0.351. The minimum atomic E-state index is 0.351. The van der Waals surface area contributed by atoms with E-state index in [1.807, 2.05) is 12.1 Å². The largest absolute Gasteiger partial charge is 0.456 e. The number of ether oxygens (including phenoxy) is 1. The molecule has 2 nitrogen and oxygen atoms in total. The van der Waals surface area contributed by atoms with Crippen LogP contribution >= 0.6 is 23.2 Å². The molecule has 17 heavy (non-hydrogen) atoms. The Morgan fingerprint density at radius 2 is 1.76 bits per heavy atom. The van der Waals surface area contributed by atoms with Crippen LogP contribution < -0.4 is 4.74 Å². The molecule has 2 aromatic carbocycles. The van der Waals surface area contributed by atoms with Gasteiger partial charge in [0, 0.05) is 11.6 Å². The molecule has 0 heterocycles. The van der Waals surface area contributed by atoms with Gasteiger partial charge in [-0.2, -0.15) is 0 Å². The van der Waals surface area contributed by atoms with Crippen molar-refractivity contribution in [3.63, 3.8) is 0 Å². The number of para-hydroxylation sites is 1. The lowest BCUT2D eigenvalue weighted by Crippen LogP contribution is -1.87. The lowest BCUT2D eigenvalue weighted by Gasteiger charge is -2.08. The van der Waals surface area contributed by atoms with E-state index in [0.29, 0.717) is 33.4 Å². The molecule has 0 amide bonds. The van der Waals surface area contributed by atoms with Crippen LogP contribution in [-0.4, -0.2) is 6.29 Å². The van der Waals surface area contributed by atoms with E-state index in [-0.39, 0.29) is 0 Å². The molecule has 0 saturated heterocycles. The van der Waals surface area contributed by atoms with Crippen molar-refractivity contribution in [2.24, 2.45) is 0 Å². The van der Waals surface area contributed by atoms with Gasteiger partial charge in [0.05, 0.1) is 10.0 Å². The summed E-state index contributed by atoms with van der Waals surface area (Å²) in [5.74, 6) is 1.08. The molecule has 0 aliphatic rings. The van der Waals surface area contributed by atoms with E-state index >= 15 is 0 Å². The van der Waals surface area contributed by atoms with Gasteiger partial charge in [-0.25, -0.2) is 0 Å². The lowest BCUT2D eigenvalue weighted by atomic mass is 10.2. The van der Waals surface area contributed by atoms with Gasteiger partial charge in [-0.1, -0.05) is 35.3 Å². The fourth-order valence-electron chi connectivity index (χ4n) is 1.32. The summed E-state index contributed by atoms with van der Waals surface area (Å²) < 4.78 is 5.56. The summed E-state index contributed by atoms with van der Waals surface area (Å²) in [6.45, 7) is 0. The standard InChI is InChI=1S/C13H8Cl2O2/c14-11-3-1-2-4-13(11)17-10-6-5-9(8-16)12(15)7-10/h1-8H. The van der Waals surface area contributed by atoms with Crippen molar-refractivity contribution in [3.05, 3.63) is 58.1 Å². The third-order valence-electron chi connectivity index (χ3n) is 2.16. The zero-order valence-electron chi connectivity index (χ0n) is 8.69. The molecule has 0 fully saturated rings. The summed E-state index contributed by atoms with van der Waals surface area (Å²) >= 11 is 11.8. The molecule has 0 unspecified atom stereocenters. The molecule has 4 heteroatoms. The molecule has 0 aliphatic carbocycles.